The monoisotopic (exact) mass is 492 g/mol. The summed E-state index contributed by atoms with van der Waals surface area (Å²) in [6.07, 6.45) is 11.3. The molecule has 0 aliphatic rings. The summed E-state index contributed by atoms with van der Waals surface area (Å²) in [6, 6.07) is 7.49. The van der Waals surface area contributed by atoms with E-state index in [2.05, 4.69) is 16.9 Å². The van der Waals surface area contributed by atoms with Crippen LogP contribution < -0.4 is 0 Å². The zero-order valence-corrected chi connectivity index (χ0v) is 21.6. The number of hydrogen-bond acceptors (Lipinski definition) is 3. The molecule has 35 heavy (non-hydrogen) atoms. The molecule has 1 unspecified atom stereocenters. The van der Waals surface area contributed by atoms with E-state index in [4.69, 9.17) is 4.74 Å². The molecule has 0 amide bonds. The number of hydrogen-bond donors (Lipinski definition) is 0. The summed E-state index contributed by atoms with van der Waals surface area (Å²) in [5.74, 6) is 0. The Morgan fingerprint density at radius 2 is 1.43 bits per heavy atom. The first-order chi connectivity index (χ1) is 17.0. The van der Waals surface area contributed by atoms with Crippen molar-refractivity contribution in [1.29, 1.82) is 0 Å². The zero-order valence-electron chi connectivity index (χ0n) is 21.6. The fraction of sp³-hybridized carbons (Fsp3) is 0.655. The van der Waals surface area contributed by atoms with Crippen LogP contribution >= 0.6 is 0 Å². The third-order valence-electron chi connectivity index (χ3n) is 6.49. The molecule has 0 N–H and O–H groups in total. The molecule has 1 atom stereocenters. The Morgan fingerprint density at radius 3 is 2.11 bits per heavy atom. The van der Waals surface area contributed by atoms with Crippen LogP contribution in [0.1, 0.15) is 108 Å². The summed E-state index contributed by atoms with van der Waals surface area (Å²) >= 11 is 0. The Hall–Kier alpha value is -1.95. The Morgan fingerprint density at radius 1 is 0.800 bits per heavy atom. The maximum Gasteiger partial charge on any atom is 0.414 e. The second-order valence-corrected chi connectivity index (χ2v) is 9.47. The molecule has 2 rings (SSSR count). The van der Waals surface area contributed by atoms with Gasteiger partial charge in [0.2, 0.25) is 0 Å². The lowest BCUT2D eigenvalue weighted by Crippen LogP contribution is -2.31. The third kappa shape index (κ3) is 11.1. The van der Waals surface area contributed by atoms with Gasteiger partial charge in [-0.3, -0.25) is 0 Å². The molecule has 0 fully saturated rings. The van der Waals surface area contributed by atoms with Crippen LogP contribution in [0, 0.1) is 0 Å². The van der Waals surface area contributed by atoms with Crippen molar-refractivity contribution in [3.63, 3.8) is 0 Å². The molecule has 0 radical (unpaired) electrons. The maximum absolute atomic E-state index is 13.6. The van der Waals surface area contributed by atoms with Crippen molar-refractivity contribution in [3.05, 3.63) is 47.9 Å². The summed E-state index contributed by atoms with van der Waals surface area (Å²) in [5, 5.41) is 0. The van der Waals surface area contributed by atoms with Gasteiger partial charge in [0.15, 0.2) is 6.10 Å². The first-order valence-corrected chi connectivity index (χ1v) is 13.5. The van der Waals surface area contributed by atoms with Crippen LogP contribution in [0.5, 0.6) is 0 Å². The molecule has 0 saturated carbocycles. The zero-order chi connectivity index (χ0) is 25.4. The molecular formula is C29H43F3N2O. The molecule has 1 aromatic heterocycles. The second kappa shape index (κ2) is 16.7. The van der Waals surface area contributed by atoms with Crippen LogP contribution in [0.25, 0.3) is 11.3 Å². The van der Waals surface area contributed by atoms with Gasteiger partial charge in [0, 0.05) is 11.8 Å². The summed E-state index contributed by atoms with van der Waals surface area (Å²) in [7, 11) is 0. The fourth-order valence-electron chi connectivity index (χ4n) is 4.40. The van der Waals surface area contributed by atoms with Crippen LogP contribution in [0.3, 0.4) is 0 Å². The molecule has 196 valence electrons. The van der Waals surface area contributed by atoms with Crippen molar-refractivity contribution in [3.8, 4) is 11.3 Å². The van der Waals surface area contributed by atoms with Crippen molar-refractivity contribution < 1.29 is 17.9 Å². The summed E-state index contributed by atoms with van der Waals surface area (Å²) in [5.41, 5.74) is 3.40. The Bertz CT molecular complexity index is 826. The van der Waals surface area contributed by atoms with Crippen molar-refractivity contribution >= 4 is 0 Å². The van der Waals surface area contributed by atoms with Gasteiger partial charge >= 0.3 is 6.18 Å². The maximum atomic E-state index is 13.6. The highest BCUT2D eigenvalue weighted by molar-refractivity contribution is 5.66. The van der Waals surface area contributed by atoms with E-state index >= 15 is 0 Å². The number of alkyl halides is 3. The number of ether oxygens (including phenoxy) is 1. The number of rotatable bonds is 18. The van der Waals surface area contributed by atoms with Gasteiger partial charge in [0.25, 0.3) is 0 Å². The number of benzene rings is 1. The minimum atomic E-state index is -4.36. The Kier molecular flexibility index (Phi) is 13.9. The number of aromatic nitrogens is 2. The van der Waals surface area contributed by atoms with E-state index in [0.717, 1.165) is 60.9 Å². The standard InChI is InChI=1S/C29H43F3N2O/c1-3-5-7-9-10-11-12-13-17-24-21-33-23-34-28(24)26-19-16-15-18-25(26)22-35-27(29(30,31)32)20-14-8-6-4-2/h15-16,18-19,21,23,27H,3-14,17,20,22H2,1-2H3. The van der Waals surface area contributed by atoms with E-state index in [0.29, 0.717) is 6.42 Å². The largest absolute Gasteiger partial charge is 0.414 e. The molecule has 0 bridgehead atoms. The van der Waals surface area contributed by atoms with E-state index in [1.807, 2.05) is 37.4 Å². The van der Waals surface area contributed by atoms with Crippen molar-refractivity contribution in [2.45, 2.75) is 123 Å². The average molecular weight is 493 g/mol. The lowest BCUT2D eigenvalue weighted by atomic mass is 9.98. The van der Waals surface area contributed by atoms with Gasteiger partial charge in [-0.15, -0.1) is 0 Å². The van der Waals surface area contributed by atoms with Gasteiger partial charge in [0.1, 0.15) is 6.33 Å². The van der Waals surface area contributed by atoms with E-state index < -0.39 is 12.3 Å². The molecule has 0 saturated heterocycles. The van der Waals surface area contributed by atoms with Crippen LogP contribution in [0.4, 0.5) is 13.2 Å². The number of aryl methyl sites for hydroxylation is 1. The minimum Gasteiger partial charge on any atom is -0.364 e. The van der Waals surface area contributed by atoms with Crippen LogP contribution in [-0.4, -0.2) is 22.2 Å². The van der Waals surface area contributed by atoms with E-state index in [1.54, 1.807) is 0 Å². The second-order valence-electron chi connectivity index (χ2n) is 9.47. The smallest absolute Gasteiger partial charge is 0.364 e. The minimum absolute atomic E-state index is 0.00285. The van der Waals surface area contributed by atoms with E-state index in [9.17, 15) is 13.2 Å². The first-order valence-electron chi connectivity index (χ1n) is 13.5. The predicted octanol–water partition coefficient (Wildman–Crippen LogP) is 9.24. The number of nitrogens with zero attached hydrogens (tertiary/aromatic N) is 2. The molecule has 0 spiro atoms. The van der Waals surface area contributed by atoms with Crippen molar-refractivity contribution in [2.75, 3.05) is 0 Å². The first kappa shape index (κ1) is 29.3. The molecular weight excluding hydrogens is 449 g/mol. The number of halogens is 3. The topological polar surface area (TPSA) is 35.0 Å². The SMILES string of the molecule is CCCCCCCCCCc1cncnc1-c1ccccc1COC(CCCCCC)C(F)(F)F. The molecule has 1 heterocycles. The lowest BCUT2D eigenvalue weighted by molar-refractivity contribution is -0.225. The van der Waals surface area contributed by atoms with Gasteiger partial charge in [-0.1, -0.05) is 109 Å². The average Bonchev–Trinajstić information content (AvgIpc) is 2.85. The van der Waals surface area contributed by atoms with Crippen LogP contribution in [0.2, 0.25) is 0 Å². The van der Waals surface area contributed by atoms with Gasteiger partial charge < -0.3 is 4.74 Å². The third-order valence-corrected chi connectivity index (χ3v) is 6.49. The molecule has 6 heteroatoms. The Balaban J connectivity index is 2.00. The molecule has 1 aromatic carbocycles. The fourth-order valence-corrected chi connectivity index (χ4v) is 4.40. The van der Waals surface area contributed by atoms with Crippen molar-refractivity contribution in [1.82, 2.24) is 9.97 Å². The molecule has 0 aliphatic carbocycles. The highest BCUT2D eigenvalue weighted by Crippen LogP contribution is 2.31. The van der Waals surface area contributed by atoms with Crippen molar-refractivity contribution in [2.24, 2.45) is 0 Å². The van der Waals surface area contributed by atoms with E-state index in [-0.39, 0.29) is 13.0 Å². The van der Waals surface area contributed by atoms with Gasteiger partial charge in [0.05, 0.1) is 12.3 Å². The van der Waals surface area contributed by atoms with Gasteiger partial charge in [-0.2, -0.15) is 13.2 Å². The molecule has 2 aromatic rings. The normalized spacial score (nSPS) is 12.7. The molecule has 0 aliphatic heterocycles. The quantitative estimate of drug-likeness (QED) is 0.195. The van der Waals surface area contributed by atoms with E-state index in [1.165, 1.54) is 44.9 Å². The highest BCUT2D eigenvalue weighted by Gasteiger charge is 2.40. The summed E-state index contributed by atoms with van der Waals surface area (Å²) in [6.45, 7) is 4.19. The summed E-state index contributed by atoms with van der Waals surface area (Å²) in [4.78, 5) is 8.73. The van der Waals surface area contributed by atoms with Crippen LogP contribution in [0.15, 0.2) is 36.8 Å². The predicted molar refractivity (Wildman–Crippen MR) is 137 cm³/mol. The Labute approximate surface area is 209 Å². The highest BCUT2D eigenvalue weighted by atomic mass is 19.4. The van der Waals surface area contributed by atoms with Gasteiger partial charge in [-0.25, -0.2) is 9.97 Å². The van der Waals surface area contributed by atoms with Crippen LogP contribution in [-0.2, 0) is 17.8 Å². The summed E-state index contributed by atoms with van der Waals surface area (Å²) < 4.78 is 46.1. The number of unbranched alkanes of at least 4 members (excludes halogenated alkanes) is 10. The molecule has 3 nitrogen and oxygen atoms in total. The lowest BCUT2D eigenvalue weighted by Gasteiger charge is -2.22. The van der Waals surface area contributed by atoms with Gasteiger partial charge in [-0.05, 0) is 30.4 Å².